The van der Waals surface area contributed by atoms with Crippen molar-refractivity contribution in [3.05, 3.63) is 53.1 Å². The molecule has 3 rings (SSSR count). The number of piperidine rings is 1. The van der Waals surface area contributed by atoms with Crippen molar-refractivity contribution in [1.29, 1.82) is 0 Å². The van der Waals surface area contributed by atoms with Crippen molar-refractivity contribution in [2.75, 3.05) is 13.1 Å². The zero-order valence-electron chi connectivity index (χ0n) is 16.3. The molecule has 5 nitrogen and oxygen atoms in total. The van der Waals surface area contributed by atoms with Gasteiger partial charge in [0.25, 0.3) is 5.91 Å². The summed E-state index contributed by atoms with van der Waals surface area (Å²) in [5, 5.41) is 4.46. The molecule has 1 aliphatic heterocycles. The first-order valence-electron chi connectivity index (χ1n) is 9.31. The Bertz CT molecular complexity index is 867. The van der Waals surface area contributed by atoms with Crippen molar-refractivity contribution in [3.63, 3.8) is 0 Å². The van der Waals surface area contributed by atoms with Gasteiger partial charge in [-0.05, 0) is 31.0 Å². The standard InChI is InChI=1S/C21H26FN3O2/c1-21(2,3)18-12-17(24(4)23-18)20(27)25-11-7-8-14(13-25)19(26)15-9-5-6-10-16(15)22/h5-6,9-10,12,14H,7-8,11,13H2,1-4H3/t14-/m0/s1. The molecular weight excluding hydrogens is 345 g/mol. The van der Waals surface area contributed by atoms with Crippen molar-refractivity contribution in [1.82, 2.24) is 14.7 Å². The van der Waals surface area contributed by atoms with Gasteiger partial charge >= 0.3 is 0 Å². The lowest BCUT2D eigenvalue weighted by atomic mass is 9.89. The van der Waals surface area contributed by atoms with Gasteiger partial charge in [0.2, 0.25) is 0 Å². The van der Waals surface area contributed by atoms with E-state index in [9.17, 15) is 14.0 Å². The van der Waals surface area contributed by atoms with E-state index in [0.717, 1.165) is 12.1 Å². The quantitative estimate of drug-likeness (QED) is 0.775. The third-order valence-electron chi connectivity index (χ3n) is 5.09. The van der Waals surface area contributed by atoms with Gasteiger partial charge in [0, 0.05) is 31.5 Å². The van der Waals surface area contributed by atoms with Gasteiger partial charge in [-0.3, -0.25) is 14.3 Å². The Labute approximate surface area is 159 Å². The minimum Gasteiger partial charge on any atom is -0.337 e. The topological polar surface area (TPSA) is 55.2 Å². The zero-order chi connectivity index (χ0) is 19.8. The fraction of sp³-hybridized carbons (Fsp3) is 0.476. The maximum atomic E-state index is 14.0. The minimum absolute atomic E-state index is 0.104. The third-order valence-corrected chi connectivity index (χ3v) is 5.09. The molecule has 0 N–H and O–H groups in total. The van der Waals surface area contributed by atoms with Gasteiger partial charge in [0.1, 0.15) is 11.5 Å². The predicted molar refractivity (Wildman–Crippen MR) is 101 cm³/mol. The van der Waals surface area contributed by atoms with E-state index in [2.05, 4.69) is 5.10 Å². The molecule has 1 amide bonds. The summed E-state index contributed by atoms with van der Waals surface area (Å²) in [6, 6.07) is 7.85. The molecule has 1 aromatic carbocycles. The van der Waals surface area contributed by atoms with Crippen molar-refractivity contribution >= 4 is 11.7 Å². The van der Waals surface area contributed by atoms with Crippen LogP contribution in [0, 0.1) is 11.7 Å². The fourth-order valence-corrected chi connectivity index (χ4v) is 3.45. The summed E-state index contributed by atoms with van der Waals surface area (Å²) in [7, 11) is 1.76. The molecule has 0 radical (unpaired) electrons. The first kappa shape index (κ1) is 19.3. The Kier molecular flexibility index (Phi) is 5.18. The second kappa shape index (κ2) is 7.25. The van der Waals surface area contributed by atoms with Crippen LogP contribution in [0.5, 0.6) is 0 Å². The first-order valence-corrected chi connectivity index (χ1v) is 9.31. The monoisotopic (exact) mass is 371 g/mol. The van der Waals surface area contributed by atoms with Crippen LogP contribution in [0.1, 0.15) is 60.2 Å². The molecule has 144 valence electrons. The van der Waals surface area contributed by atoms with Crippen molar-refractivity contribution in [2.45, 2.75) is 39.0 Å². The summed E-state index contributed by atoms with van der Waals surface area (Å²) in [6.45, 7) is 7.05. The summed E-state index contributed by atoms with van der Waals surface area (Å²) in [5.41, 5.74) is 1.32. The molecule has 0 aliphatic carbocycles. The largest absolute Gasteiger partial charge is 0.337 e. The maximum Gasteiger partial charge on any atom is 0.272 e. The Morgan fingerprint density at radius 1 is 1.22 bits per heavy atom. The van der Waals surface area contributed by atoms with Crippen LogP contribution in [0.4, 0.5) is 4.39 Å². The minimum atomic E-state index is -0.507. The van der Waals surface area contributed by atoms with Crippen molar-refractivity contribution < 1.29 is 14.0 Å². The fourth-order valence-electron chi connectivity index (χ4n) is 3.45. The number of ketones is 1. The Hall–Kier alpha value is -2.50. The van der Waals surface area contributed by atoms with Gasteiger partial charge in [0.05, 0.1) is 11.3 Å². The molecular formula is C21H26FN3O2. The highest BCUT2D eigenvalue weighted by atomic mass is 19.1. The van der Waals surface area contributed by atoms with Crippen LogP contribution in [0.3, 0.4) is 0 Å². The third kappa shape index (κ3) is 3.94. The van der Waals surface area contributed by atoms with E-state index in [1.165, 1.54) is 12.1 Å². The molecule has 1 aliphatic rings. The van der Waals surface area contributed by atoms with Gasteiger partial charge in [-0.1, -0.05) is 32.9 Å². The number of hydrogen-bond acceptors (Lipinski definition) is 3. The molecule has 1 saturated heterocycles. The molecule has 6 heteroatoms. The lowest BCUT2D eigenvalue weighted by molar-refractivity contribution is 0.0627. The van der Waals surface area contributed by atoms with Crippen LogP contribution < -0.4 is 0 Å². The molecule has 0 saturated carbocycles. The predicted octanol–water partition coefficient (Wildman–Crippen LogP) is 3.59. The van der Waals surface area contributed by atoms with Crippen LogP contribution in [-0.4, -0.2) is 39.5 Å². The van der Waals surface area contributed by atoms with E-state index in [1.807, 2.05) is 26.8 Å². The van der Waals surface area contributed by atoms with Gasteiger partial charge in [-0.2, -0.15) is 5.10 Å². The number of rotatable bonds is 3. The number of hydrogen-bond donors (Lipinski definition) is 0. The van der Waals surface area contributed by atoms with Crippen molar-refractivity contribution in [3.8, 4) is 0 Å². The van der Waals surface area contributed by atoms with Gasteiger partial charge < -0.3 is 4.90 Å². The first-order chi connectivity index (χ1) is 12.7. The van der Waals surface area contributed by atoms with Gasteiger partial charge in [-0.15, -0.1) is 0 Å². The summed E-state index contributed by atoms with van der Waals surface area (Å²) in [4.78, 5) is 27.4. The smallest absolute Gasteiger partial charge is 0.272 e. The molecule has 27 heavy (non-hydrogen) atoms. The van der Waals surface area contributed by atoms with E-state index < -0.39 is 5.82 Å². The molecule has 2 aromatic rings. The molecule has 1 fully saturated rings. The van der Waals surface area contributed by atoms with E-state index in [4.69, 9.17) is 0 Å². The number of carbonyl (C=O) groups excluding carboxylic acids is 2. The maximum absolute atomic E-state index is 14.0. The molecule has 2 heterocycles. The second-order valence-corrected chi connectivity index (χ2v) is 8.22. The normalized spacial score (nSPS) is 17.8. The molecule has 1 aromatic heterocycles. The van der Waals surface area contributed by atoms with E-state index in [0.29, 0.717) is 25.2 Å². The number of carbonyl (C=O) groups is 2. The number of likely N-dealkylation sites (tertiary alicyclic amines) is 1. The Morgan fingerprint density at radius 2 is 1.93 bits per heavy atom. The molecule has 0 spiro atoms. The molecule has 1 atom stereocenters. The average molecular weight is 371 g/mol. The highest BCUT2D eigenvalue weighted by molar-refractivity contribution is 5.99. The van der Waals surface area contributed by atoms with Crippen LogP contribution >= 0.6 is 0 Å². The van der Waals surface area contributed by atoms with Gasteiger partial charge in [-0.25, -0.2) is 4.39 Å². The number of amides is 1. The lowest BCUT2D eigenvalue weighted by Crippen LogP contribution is -2.43. The summed E-state index contributed by atoms with van der Waals surface area (Å²) in [6.07, 6.45) is 1.39. The van der Waals surface area contributed by atoms with E-state index in [1.54, 1.807) is 28.8 Å². The van der Waals surface area contributed by atoms with Crippen LogP contribution in [0.15, 0.2) is 30.3 Å². The summed E-state index contributed by atoms with van der Waals surface area (Å²) >= 11 is 0. The lowest BCUT2D eigenvalue weighted by Gasteiger charge is -2.32. The number of Topliss-reactive ketones (excluding diaryl/α,β-unsaturated/α-hetero) is 1. The van der Waals surface area contributed by atoms with E-state index >= 15 is 0 Å². The Balaban J connectivity index is 1.78. The number of nitrogens with zero attached hydrogens (tertiary/aromatic N) is 3. The highest BCUT2D eigenvalue weighted by Crippen LogP contribution is 2.25. The second-order valence-electron chi connectivity index (χ2n) is 8.22. The van der Waals surface area contributed by atoms with Crippen LogP contribution in [-0.2, 0) is 12.5 Å². The zero-order valence-corrected chi connectivity index (χ0v) is 16.3. The van der Waals surface area contributed by atoms with Crippen LogP contribution in [0.2, 0.25) is 0 Å². The van der Waals surface area contributed by atoms with Gasteiger partial charge in [0.15, 0.2) is 5.78 Å². The van der Waals surface area contributed by atoms with Crippen molar-refractivity contribution in [2.24, 2.45) is 13.0 Å². The Morgan fingerprint density at radius 3 is 2.56 bits per heavy atom. The molecule has 0 bridgehead atoms. The number of benzene rings is 1. The summed E-state index contributed by atoms with van der Waals surface area (Å²) in [5.74, 6) is -1.25. The van der Waals surface area contributed by atoms with Crippen LogP contribution in [0.25, 0.3) is 0 Å². The number of aryl methyl sites for hydroxylation is 1. The highest BCUT2D eigenvalue weighted by Gasteiger charge is 2.32. The average Bonchev–Trinajstić information content (AvgIpc) is 3.03. The summed E-state index contributed by atoms with van der Waals surface area (Å²) < 4.78 is 15.6. The van der Waals surface area contributed by atoms with E-state index in [-0.39, 0.29) is 28.6 Å². The number of aromatic nitrogens is 2. The SMILES string of the molecule is Cn1nc(C(C)(C)C)cc1C(=O)N1CCC[C@H](C(=O)c2ccccc2F)C1. The number of halogens is 1. The molecule has 0 unspecified atom stereocenters.